The van der Waals surface area contributed by atoms with Gasteiger partial charge in [-0.1, -0.05) is 4.98 Å². The van der Waals surface area contributed by atoms with Crippen LogP contribution in [0.4, 0.5) is 5.82 Å². The lowest BCUT2D eigenvalue weighted by Crippen LogP contribution is -2.46. The van der Waals surface area contributed by atoms with E-state index < -0.39 is 71.5 Å². The van der Waals surface area contributed by atoms with Gasteiger partial charge in [-0.2, -0.15) is 0 Å². The van der Waals surface area contributed by atoms with Crippen LogP contribution in [0.25, 0.3) is 11.2 Å². The Morgan fingerprint density at radius 2 is 1.94 bits per heavy atom. The predicted octanol–water partition coefficient (Wildman–Crippen LogP) is -1.48. The van der Waals surface area contributed by atoms with Crippen LogP contribution in [-0.2, 0) is 27.2 Å². The Morgan fingerprint density at radius 3 is 2.69 bits per heavy atom. The Balaban J connectivity index is 1.58. The van der Waals surface area contributed by atoms with Crippen molar-refractivity contribution in [2.45, 2.75) is 49.5 Å². The molecule has 194 valence electrons. The first kappa shape index (κ1) is 25.4. The number of halogens is 1. The van der Waals surface area contributed by atoms with Gasteiger partial charge < -0.3 is 40.1 Å². The van der Waals surface area contributed by atoms with Crippen molar-refractivity contribution in [1.29, 1.82) is 0 Å². The summed E-state index contributed by atoms with van der Waals surface area (Å²) in [4.78, 5) is 30.5. The second-order valence-corrected chi connectivity index (χ2v) is 11.9. The summed E-state index contributed by atoms with van der Waals surface area (Å²) in [6.07, 6.45) is -5.24. The number of aliphatic hydroxyl groups excluding tert-OH is 3. The van der Waals surface area contributed by atoms with Gasteiger partial charge in [-0.05, 0) is 30.4 Å². The van der Waals surface area contributed by atoms with Crippen LogP contribution in [0.15, 0.2) is 6.33 Å². The number of phosphoric acid groups is 2. The van der Waals surface area contributed by atoms with Crippen molar-refractivity contribution >= 4 is 44.2 Å². The molecule has 6 rings (SSSR count). The molecule has 19 heteroatoms. The summed E-state index contributed by atoms with van der Waals surface area (Å²) in [5.74, 6) is -0.383. The van der Waals surface area contributed by atoms with E-state index in [0.717, 1.165) is 0 Å². The molecule has 2 aromatic rings. The van der Waals surface area contributed by atoms with E-state index in [2.05, 4.69) is 18.8 Å². The molecule has 0 aromatic carbocycles. The van der Waals surface area contributed by atoms with Gasteiger partial charge in [-0.25, -0.2) is 18.4 Å². The highest BCUT2D eigenvalue weighted by molar-refractivity contribution is 7.60. The zero-order valence-electron chi connectivity index (χ0n) is 17.7. The maximum Gasteiger partial charge on any atom is 0.478 e. The lowest BCUT2D eigenvalue weighted by atomic mass is 10.1. The summed E-state index contributed by atoms with van der Waals surface area (Å²) in [6, 6.07) is -0.623. The molecule has 2 aromatic heterocycles. The van der Waals surface area contributed by atoms with Gasteiger partial charge in [-0.3, -0.25) is 13.7 Å². The third kappa shape index (κ3) is 4.63. The fourth-order valence-electron chi connectivity index (χ4n) is 4.63. The summed E-state index contributed by atoms with van der Waals surface area (Å²) >= 11 is 6.29. The van der Waals surface area contributed by atoms with Crippen molar-refractivity contribution in [3.05, 3.63) is 11.6 Å². The standard InChI is InChI=1S/C16H22ClN5O11P2/c17-16-20-10-13(18)21-5-19-14(10)22(16)15-12(25)11(24)9(32-15)4-31-35(28,29)33-34(26,27)30-3-6-1-7(21)8(23)2-6/h5-9,11-12,15,18,23-25H,1-4H2,(H2,26,27,28,29)/t6-,7+,8+,9+,11+,12+,15+/m0/s1. The molecular weight excluding hydrogens is 536 g/mol. The summed E-state index contributed by atoms with van der Waals surface area (Å²) < 4.78 is 46.1. The summed E-state index contributed by atoms with van der Waals surface area (Å²) in [7, 11) is -10.5. The van der Waals surface area contributed by atoms with Crippen molar-refractivity contribution in [3.8, 4) is 0 Å². The van der Waals surface area contributed by atoms with Gasteiger partial charge in [0.05, 0.1) is 19.3 Å². The lowest BCUT2D eigenvalue weighted by molar-refractivity contribution is -0.716. The second-order valence-electron chi connectivity index (χ2n) is 8.57. The SMILES string of the molecule is Nc1c2nc(Cl)n3c2nc[n+]1[C@@H]1C[C@H](COP(=O)([O-])OP(=O)(O)OC[C@H]2O[C@@H]3[C@H](O)[C@@H]2O)C[C@H]1O. The average molecular weight is 558 g/mol. The van der Waals surface area contributed by atoms with Gasteiger partial charge in [0.2, 0.25) is 17.3 Å². The van der Waals surface area contributed by atoms with Crippen molar-refractivity contribution < 1.29 is 56.9 Å². The number of nitrogens with two attached hydrogens (primary N) is 1. The number of ether oxygens (including phenoxy) is 1. The second kappa shape index (κ2) is 8.94. The Kier molecular flexibility index (Phi) is 6.49. The molecule has 8 bridgehead atoms. The number of aliphatic hydroxyl groups is 3. The molecule has 4 aliphatic rings. The van der Waals surface area contributed by atoms with E-state index in [0.29, 0.717) is 0 Å². The maximum atomic E-state index is 12.2. The van der Waals surface area contributed by atoms with Gasteiger partial charge in [0.1, 0.15) is 24.4 Å². The van der Waals surface area contributed by atoms with Gasteiger partial charge in [-0.15, -0.1) is 0 Å². The number of fused-ring (bicyclic) bond motifs is 7. The molecule has 0 spiro atoms. The van der Waals surface area contributed by atoms with E-state index in [1.54, 1.807) is 0 Å². The lowest BCUT2D eigenvalue weighted by Gasteiger charge is -2.26. The first-order chi connectivity index (χ1) is 16.4. The number of nitrogen functional groups attached to an aromatic ring is 1. The Bertz CT molecular complexity index is 1250. The minimum atomic E-state index is -5.30. The zero-order valence-corrected chi connectivity index (χ0v) is 20.3. The van der Waals surface area contributed by atoms with Gasteiger partial charge in [0, 0.05) is 0 Å². The van der Waals surface area contributed by atoms with Gasteiger partial charge in [0.25, 0.3) is 13.6 Å². The third-order valence-corrected chi connectivity index (χ3v) is 9.12. The number of nitrogens with zero attached hydrogens (tertiary/aromatic N) is 4. The molecule has 0 radical (unpaired) electrons. The zero-order chi connectivity index (χ0) is 25.3. The van der Waals surface area contributed by atoms with Crippen LogP contribution in [-0.4, -0.2) is 72.4 Å². The first-order valence-electron chi connectivity index (χ1n) is 10.4. The molecule has 0 amide bonds. The van der Waals surface area contributed by atoms with Crippen LogP contribution >= 0.6 is 27.2 Å². The minimum Gasteiger partial charge on any atom is -0.756 e. The molecule has 9 atom stereocenters. The monoisotopic (exact) mass is 557 g/mol. The fourth-order valence-corrected chi connectivity index (χ4v) is 7.01. The quantitative estimate of drug-likeness (QED) is 0.141. The number of phosphoric ester groups is 2. The topological polar surface area (TPSA) is 236 Å². The Hall–Kier alpha value is -1.26. The van der Waals surface area contributed by atoms with Crippen LogP contribution in [0.1, 0.15) is 25.1 Å². The van der Waals surface area contributed by atoms with Crippen molar-refractivity contribution in [1.82, 2.24) is 14.5 Å². The molecule has 6 N–H and O–H groups in total. The highest BCUT2D eigenvalue weighted by atomic mass is 35.5. The normalized spacial score (nSPS) is 42.5. The smallest absolute Gasteiger partial charge is 0.478 e. The molecular formula is C16H22ClN5O11P2. The Morgan fingerprint density at radius 1 is 1.20 bits per heavy atom. The molecule has 1 saturated heterocycles. The molecule has 35 heavy (non-hydrogen) atoms. The van der Waals surface area contributed by atoms with E-state index >= 15 is 0 Å². The molecule has 1 aliphatic carbocycles. The van der Waals surface area contributed by atoms with Crippen molar-refractivity contribution in [2.24, 2.45) is 5.92 Å². The highest BCUT2D eigenvalue weighted by Crippen LogP contribution is 2.58. The van der Waals surface area contributed by atoms with E-state index in [1.807, 2.05) is 0 Å². The van der Waals surface area contributed by atoms with Gasteiger partial charge >= 0.3 is 7.82 Å². The number of aromatic nitrogens is 4. The van der Waals surface area contributed by atoms with Crippen LogP contribution in [0.3, 0.4) is 0 Å². The van der Waals surface area contributed by atoms with Crippen LogP contribution in [0.5, 0.6) is 0 Å². The molecule has 1 saturated carbocycles. The summed E-state index contributed by atoms with van der Waals surface area (Å²) in [5.41, 5.74) is 6.55. The molecule has 2 unspecified atom stereocenters. The van der Waals surface area contributed by atoms with Crippen molar-refractivity contribution in [3.63, 3.8) is 0 Å². The minimum absolute atomic E-state index is 0.0920. The summed E-state index contributed by atoms with van der Waals surface area (Å²) in [6.45, 7) is -1.28. The van der Waals surface area contributed by atoms with E-state index in [1.165, 1.54) is 15.5 Å². The summed E-state index contributed by atoms with van der Waals surface area (Å²) in [5, 5.41) is 31.4. The molecule has 5 heterocycles. The number of hydrogen-bond acceptors (Lipinski definition) is 13. The van der Waals surface area contributed by atoms with Crippen molar-refractivity contribution in [2.75, 3.05) is 18.9 Å². The average Bonchev–Trinajstić information content (AvgIpc) is 3.39. The molecule has 3 aliphatic heterocycles. The number of anilines is 1. The molecule has 16 nitrogen and oxygen atoms in total. The highest BCUT2D eigenvalue weighted by Gasteiger charge is 2.47. The van der Waals surface area contributed by atoms with E-state index in [4.69, 9.17) is 26.6 Å². The Labute approximate surface area is 202 Å². The fraction of sp³-hybridized carbons (Fsp3) is 0.688. The first-order valence-corrected chi connectivity index (χ1v) is 13.8. The third-order valence-electron chi connectivity index (χ3n) is 6.28. The largest absolute Gasteiger partial charge is 0.756 e. The number of imidazole rings is 1. The van der Waals surface area contributed by atoms with Crippen LogP contribution in [0.2, 0.25) is 5.28 Å². The van der Waals surface area contributed by atoms with Gasteiger partial charge in [0.15, 0.2) is 11.7 Å². The van der Waals surface area contributed by atoms with Crippen LogP contribution < -0.4 is 15.2 Å². The predicted molar refractivity (Wildman–Crippen MR) is 111 cm³/mol. The molecule has 2 fully saturated rings. The maximum absolute atomic E-state index is 12.2. The number of rotatable bonds is 0. The van der Waals surface area contributed by atoms with E-state index in [9.17, 15) is 34.2 Å². The van der Waals surface area contributed by atoms with E-state index in [-0.39, 0.29) is 35.1 Å². The van der Waals surface area contributed by atoms with Crippen LogP contribution in [0, 0.1) is 5.92 Å². The number of hydrogen-bond donors (Lipinski definition) is 5.